The molecule has 0 unspecified atom stereocenters. The van der Waals surface area contributed by atoms with Gasteiger partial charge < -0.3 is 9.84 Å². The Labute approximate surface area is 114 Å². The summed E-state index contributed by atoms with van der Waals surface area (Å²) in [6, 6.07) is 5.35. The summed E-state index contributed by atoms with van der Waals surface area (Å²) in [5, 5.41) is 6.74. The second-order valence-corrected chi connectivity index (χ2v) is 4.40. The number of aromatic nitrogens is 1. The van der Waals surface area contributed by atoms with Crippen LogP contribution in [0, 0.1) is 0 Å². The molecule has 0 spiro atoms. The Morgan fingerprint density at radius 2 is 2.00 bits per heavy atom. The molecule has 0 saturated heterocycles. The molecule has 1 aromatic heterocycles. The zero-order chi connectivity index (χ0) is 14.6. The molecule has 0 atom stereocenters. The lowest BCUT2D eigenvalue weighted by Gasteiger charge is -2.11. The van der Waals surface area contributed by atoms with Gasteiger partial charge in [0, 0.05) is 17.7 Å². The molecule has 0 radical (unpaired) electrons. The number of rotatable bonds is 5. The average molecular weight is 284 g/mol. The van der Waals surface area contributed by atoms with Crippen molar-refractivity contribution in [2.75, 3.05) is 6.54 Å². The minimum Gasteiger partial charge on any atom is -0.356 e. The third kappa shape index (κ3) is 3.19. The van der Waals surface area contributed by atoms with Crippen LogP contribution in [0.25, 0.3) is 11.3 Å². The van der Waals surface area contributed by atoms with Crippen LogP contribution in [0.15, 0.2) is 35.0 Å². The first-order valence-corrected chi connectivity index (χ1v) is 6.35. The third-order valence-electron chi connectivity index (χ3n) is 2.86. The highest BCUT2D eigenvalue weighted by atomic mass is 19.4. The first-order chi connectivity index (χ1) is 9.54. The molecular weight excluding hydrogens is 269 g/mol. The van der Waals surface area contributed by atoms with E-state index in [-0.39, 0.29) is 11.3 Å². The number of halogens is 3. The maximum atomic E-state index is 13.0. The van der Waals surface area contributed by atoms with Crippen molar-refractivity contribution in [1.82, 2.24) is 10.5 Å². The molecule has 108 valence electrons. The highest BCUT2D eigenvalue weighted by Gasteiger charge is 2.34. The minimum absolute atomic E-state index is 0.0193. The average Bonchev–Trinajstić information content (AvgIpc) is 2.86. The fourth-order valence-corrected chi connectivity index (χ4v) is 1.94. The second-order valence-electron chi connectivity index (χ2n) is 4.40. The van der Waals surface area contributed by atoms with Gasteiger partial charge in [-0.3, -0.25) is 0 Å². The van der Waals surface area contributed by atoms with Gasteiger partial charge >= 0.3 is 6.18 Å². The van der Waals surface area contributed by atoms with E-state index in [0.717, 1.165) is 19.0 Å². The SMILES string of the molecule is CCCNCc1cnoc1-c1ccccc1C(F)(F)F. The molecule has 1 aromatic carbocycles. The summed E-state index contributed by atoms with van der Waals surface area (Å²) in [5.74, 6) is 0.168. The predicted molar refractivity (Wildman–Crippen MR) is 68.9 cm³/mol. The molecular formula is C14H15F3N2O. The Balaban J connectivity index is 2.35. The van der Waals surface area contributed by atoms with Crippen molar-refractivity contribution in [3.05, 3.63) is 41.6 Å². The van der Waals surface area contributed by atoms with E-state index >= 15 is 0 Å². The Morgan fingerprint density at radius 1 is 1.25 bits per heavy atom. The Kier molecular flexibility index (Phi) is 4.44. The number of benzene rings is 1. The van der Waals surface area contributed by atoms with Crippen LogP contribution >= 0.6 is 0 Å². The summed E-state index contributed by atoms with van der Waals surface area (Å²) in [5.41, 5.74) is -0.0746. The van der Waals surface area contributed by atoms with Gasteiger partial charge in [0.2, 0.25) is 0 Å². The van der Waals surface area contributed by atoms with Crippen molar-refractivity contribution in [2.45, 2.75) is 26.1 Å². The van der Waals surface area contributed by atoms with Gasteiger partial charge in [-0.25, -0.2) is 0 Å². The number of nitrogens with zero attached hydrogens (tertiary/aromatic N) is 1. The summed E-state index contributed by atoms with van der Waals surface area (Å²) < 4.78 is 44.0. The van der Waals surface area contributed by atoms with E-state index in [2.05, 4.69) is 10.5 Å². The van der Waals surface area contributed by atoms with Crippen LogP contribution in [0.2, 0.25) is 0 Å². The van der Waals surface area contributed by atoms with Crippen molar-refractivity contribution < 1.29 is 17.7 Å². The molecule has 1 N–H and O–H groups in total. The monoisotopic (exact) mass is 284 g/mol. The van der Waals surface area contributed by atoms with E-state index in [4.69, 9.17) is 4.52 Å². The predicted octanol–water partition coefficient (Wildman–Crippen LogP) is 3.86. The molecule has 6 heteroatoms. The van der Waals surface area contributed by atoms with Gasteiger partial charge in [0.15, 0.2) is 5.76 Å². The Morgan fingerprint density at radius 3 is 2.70 bits per heavy atom. The fourth-order valence-electron chi connectivity index (χ4n) is 1.94. The molecule has 2 rings (SSSR count). The van der Waals surface area contributed by atoms with Crippen LogP contribution in [0.1, 0.15) is 24.5 Å². The first-order valence-electron chi connectivity index (χ1n) is 6.35. The molecule has 0 fully saturated rings. The van der Waals surface area contributed by atoms with E-state index in [1.54, 1.807) is 6.07 Å². The van der Waals surface area contributed by atoms with Crippen molar-refractivity contribution in [3.8, 4) is 11.3 Å². The first kappa shape index (κ1) is 14.6. The fraction of sp³-hybridized carbons (Fsp3) is 0.357. The van der Waals surface area contributed by atoms with Crippen LogP contribution < -0.4 is 5.32 Å². The molecule has 0 amide bonds. The molecule has 2 aromatic rings. The zero-order valence-corrected chi connectivity index (χ0v) is 11.0. The second kappa shape index (κ2) is 6.09. The number of nitrogens with one attached hydrogen (secondary N) is 1. The van der Waals surface area contributed by atoms with Gasteiger partial charge in [-0.1, -0.05) is 30.3 Å². The third-order valence-corrected chi connectivity index (χ3v) is 2.86. The van der Waals surface area contributed by atoms with Crippen LogP contribution in [0.3, 0.4) is 0 Å². The quantitative estimate of drug-likeness (QED) is 0.847. The molecule has 0 aliphatic carbocycles. The van der Waals surface area contributed by atoms with E-state index in [1.807, 2.05) is 6.92 Å². The Hall–Kier alpha value is -1.82. The van der Waals surface area contributed by atoms with Crippen LogP contribution in [-0.4, -0.2) is 11.7 Å². The highest BCUT2D eigenvalue weighted by molar-refractivity contribution is 5.65. The molecule has 3 nitrogen and oxygen atoms in total. The largest absolute Gasteiger partial charge is 0.417 e. The zero-order valence-electron chi connectivity index (χ0n) is 11.0. The smallest absolute Gasteiger partial charge is 0.356 e. The number of alkyl halides is 3. The summed E-state index contributed by atoms with van der Waals surface area (Å²) in [7, 11) is 0. The van der Waals surface area contributed by atoms with Gasteiger partial charge in [-0.05, 0) is 19.0 Å². The molecule has 0 bridgehead atoms. The van der Waals surface area contributed by atoms with Gasteiger partial charge in [0.05, 0.1) is 11.8 Å². The topological polar surface area (TPSA) is 38.1 Å². The van der Waals surface area contributed by atoms with E-state index < -0.39 is 11.7 Å². The lowest BCUT2D eigenvalue weighted by atomic mass is 10.0. The van der Waals surface area contributed by atoms with Gasteiger partial charge in [0.25, 0.3) is 0 Å². The molecule has 0 aliphatic rings. The van der Waals surface area contributed by atoms with Crippen LogP contribution in [0.5, 0.6) is 0 Å². The standard InChI is InChI=1S/C14H15F3N2O/c1-2-7-18-8-10-9-19-20-13(10)11-5-3-4-6-12(11)14(15,16)17/h3-6,9,18H,2,7-8H2,1H3. The van der Waals surface area contributed by atoms with Gasteiger partial charge in [-0.2, -0.15) is 13.2 Å². The van der Waals surface area contributed by atoms with Crippen molar-refractivity contribution in [2.24, 2.45) is 0 Å². The summed E-state index contributed by atoms with van der Waals surface area (Å²) >= 11 is 0. The van der Waals surface area contributed by atoms with E-state index in [9.17, 15) is 13.2 Å². The maximum absolute atomic E-state index is 13.0. The lowest BCUT2D eigenvalue weighted by Crippen LogP contribution is -2.14. The summed E-state index contributed by atoms with van der Waals surface area (Å²) in [6.45, 7) is 3.23. The van der Waals surface area contributed by atoms with Crippen LogP contribution in [-0.2, 0) is 12.7 Å². The number of hydrogen-bond acceptors (Lipinski definition) is 3. The molecule has 0 saturated carbocycles. The normalized spacial score (nSPS) is 11.8. The van der Waals surface area contributed by atoms with Crippen molar-refractivity contribution in [1.29, 1.82) is 0 Å². The number of hydrogen-bond donors (Lipinski definition) is 1. The highest BCUT2D eigenvalue weighted by Crippen LogP contribution is 2.37. The minimum atomic E-state index is -4.42. The summed E-state index contributed by atoms with van der Waals surface area (Å²) in [4.78, 5) is 0. The Bertz CT molecular complexity index is 564. The molecule has 1 heterocycles. The summed E-state index contributed by atoms with van der Waals surface area (Å²) in [6.07, 6.45) is -2.03. The van der Waals surface area contributed by atoms with E-state index in [0.29, 0.717) is 12.1 Å². The van der Waals surface area contributed by atoms with E-state index in [1.165, 1.54) is 18.3 Å². The van der Waals surface area contributed by atoms with Crippen LogP contribution in [0.4, 0.5) is 13.2 Å². The van der Waals surface area contributed by atoms with Gasteiger partial charge in [0.1, 0.15) is 0 Å². The molecule has 20 heavy (non-hydrogen) atoms. The lowest BCUT2D eigenvalue weighted by molar-refractivity contribution is -0.137. The molecule has 0 aliphatic heterocycles. The van der Waals surface area contributed by atoms with Crippen molar-refractivity contribution >= 4 is 0 Å². The van der Waals surface area contributed by atoms with Crippen molar-refractivity contribution in [3.63, 3.8) is 0 Å². The van der Waals surface area contributed by atoms with Gasteiger partial charge in [-0.15, -0.1) is 0 Å². The maximum Gasteiger partial charge on any atom is 0.417 e.